The highest BCUT2D eigenvalue weighted by Gasteiger charge is 2.31. The first-order chi connectivity index (χ1) is 15.8. The molecule has 1 N–H and O–H groups in total. The van der Waals surface area contributed by atoms with Gasteiger partial charge in [0.1, 0.15) is 0 Å². The molecule has 1 saturated heterocycles. The van der Waals surface area contributed by atoms with Crippen molar-refractivity contribution in [3.05, 3.63) is 65.7 Å². The van der Waals surface area contributed by atoms with Crippen molar-refractivity contribution in [1.82, 2.24) is 15.1 Å². The molecule has 1 fully saturated rings. The Hall–Kier alpha value is -3.62. The highest BCUT2D eigenvalue weighted by Crippen LogP contribution is 2.32. The average Bonchev–Trinajstić information content (AvgIpc) is 3.33. The van der Waals surface area contributed by atoms with Gasteiger partial charge in [-0.1, -0.05) is 24.3 Å². The SMILES string of the molecule is COC(=O)C1CCN(C(=O)c2ccc(-c3cc(-c4cccc(C(F)(F)F)c4)n[nH]3)cc2)CC1. The van der Waals surface area contributed by atoms with Gasteiger partial charge in [0, 0.05) is 24.2 Å². The van der Waals surface area contributed by atoms with Gasteiger partial charge < -0.3 is 9.64 Å². The first-order valence-electron chi connectivity index (χ1n) is 10.5. The van der Waals surface area contributed by atoms with Crippen LogP contribution < -0.4 is 0 Å². The van der Waals surface area contributed by atoms with Crippen molar-refractivity contribution in [1.29, 1.82) is 0 Å². The summed E-state index contributed by atoms with van der Waals surface area (Å²) >= 11 is 0. The van der Waals surface area contributed by atoms with Crippen LogP contribution in [0.15, 0.2) is 54.6 Å². The number of hydrogen-bond acceptors (Lipinski definition) is 4. The van der Waals surface area contributed by atoms with E-state index in [4.69, 9.17) is 4.74 Å². The summed E-state index contributed by atoms with van der Waals surface area (Å²) < 4.78 is 43.7. The number of H-pyrrole nitrogens is 1. The smallest absolute Gasteiger partial charge is 0.416 e. The van der Waals surface area contributed by atoms with E-state index in [1.807, 2.05) is 0 Å². The first kappa shape index (κ1) is 22.6. The first-order valence-corrected chi connectivity index (χ1v) is 10.5. The summed E-state index contributed by atoms with van der Waals surface area (Å²) in [6.07, 6.45) is -3.28. The normalized spacial score (nSPS) is 14.8. The molecule has 4 rings (SSSR count). The molecule has 3 aromatic rings. The van der Waals surface area contributed by atoms with Crippen LogP contribution in [-0.2, 0) is 15.7 Å². The second kappa shape index (κ2) is 9.09. The van der Waals surface area contributed by atoms with Gasteiger partial charge in [-0.2, -0.15) is 18.3 Å². The second-order valence-electron chi connectivity index (χ2n) is 7.91. The topological polar surface area (TPSA) is 75.3 Å². The van der Waals surface area contributed by atoms with Crippen molar-refractivity contribution in [2.45, 2.75) is 19.0 Å². The molecule has 9 heteroatoms. The fourth-order valence-corrected chi connectivity index (χ4v) is 3.93. The summed E-state index contributed by atoms with van der Waals surface area (Å²) in [7, 11) is 1.36. The van der Waals surface area contributed by atoms with Gasteiger partial charge in [-0.25, -0.2) is 0 Å². The quantitative estimate of drug-likeness (QED) is 0.572. The molecule has 0 bridgehead atoms. The number of nitrogens with one attached hydrogen (secondary N) is 1. The molecule has 0 saturated carbocycles. The number of halogens is 3. The maximum absolute atomic E-state index is 13.0. The number of benzene rings is 2. The zero-order valence-corrected chi connectivity index (χ0v) is 17.9. The molecule has 6 nitrogen and oxygen atoms in total. The number of rotatable bonds is 4. The second-order valence-corrected chi connectivity index (χ2v) is 7.91. The van der Waals surface area contributed by atoms with Gasteiger partial charge in [0.2, 0.25) is 0 Å². The molecule has 0 atom stereocenters. The van der Waals surface area contributed by atoms with Gasteiger partial charge in [0.25, 0.3) is 5.91 Å². The lowest BCUT2D eigenvalue weighted by Gasteiger charge is -2.30. The lowest BCUT2D eigenvalue weighted by atomic mass is 9.96. The number of likely N-dealkylation sites (tertiary alicyclic amines) is 1. The highest BCUT2D eigenvalue weighted by atomic mass is 19.4. The molecule has 0 unspecified atom stereocenters. The average molecular weight is 457 g/mol. The Bertz CT molecular complexity index is 1150. The van der Waals surface area contributed by atoms with Gasteiger partial charge in [-0.15, -0.1) is 0 Å². The van der Waals surface area contributed by atoms with E-state index < -0.39 is 11.7 Å². The number of methoxy groups -OCH3 is 1. The van der Waals surface area contributed by atoms with Crippen LogP contribution in [0.4, 0.5) is 13.2 Å². The van der Waals surface area contributed by atoms with Crippen molar-refractivity contribution in [3.63, 3.8) is 0 Å². The van der Waals surface area contributed by atoms with Gasteiger partial charge in [0.05, 0.1) is 30.0 Å². The van der Waals surface area contributed by atoms with Gasteiger partial charge in [-0.05, 0) is 48.7 Å². The zero-order chi connectivity index (χ0) is 23.6. The van der Waals surface area contributed by atoms with E-state index >= 15 is 0 Å². The predicted octanol–water partition coefficient (Wildman–Crippen LogP) is 4.79. The number of aromatic amines is 1. The van der Waals surface area contributed by atoms with E-state index in [2.05, 4.69) is 10.2 Å². The minimum Gasteiger partial charge on any atom is -0.469 e. The molecule has 2 aromatic carbocycles. The number of carbonyl (C=O) groups excluding carboxylic acids is 2. The molecule has 1 aliphatic heterocycles. The number of hydrogen-bond donors (Lipinski definition) is 1. The molecule has 33 heavy (non-hydrogen) atoms. The number of nitrogens with zero attached hydrogens (tertiary/aromatic N) is 2. The van der Waals surface area contributed by atoms with E-state index in [-0.39, 0.29) is 17.8 Å². The summed E-state index contributed by atoms with van der Waals surface area (Å²) in [5, 5.41) is 6.98. The summed E-state index contributed by atoms with van der Waals surface area (Å²) in [6.45, 7) is 0.975. The van der Waals surface area contributed by atoms with Crippen LogP contribution in [0.2, 0.25) is 0 Å². The standard InChI is InChI=1S/C24H22F3N3O3/c1-33-23(32)17-9-11-30(12-10-17)22(31)16-7-5-15(6-8-16)20-14-21(29-28-20)18-3-2-4-19(13-18)24(25,26)27/h2-8,13-14,17H,9-12H2,1H3,(H,28,29). The molecule has 1 aromatic heterocycles. The lowest BCUT2D eigenvalue weighted by Crippen LogP contribution is -2.40. The van der Waals surface area contributed by atoms with E-state index in [0.717, 1.165) is 17.7 Å². The van der Waals surface area contributed by atoms with Crippen LogP contribution in [0.1, 0.15) is 28.8 Å². The highest BCUT2D eigenvalue weighted by molar-refractivity contribution is 5.95. The monoisotopic (exact) mass is 457 g/mol. The Morgan fingerprint density at radius 2 is 1.73 bits per heavy atom. The number of alkyl halides is 3. The van der Waals surface area contributed by atoms with Crippen molar-refractivity contribution in [2.75, 3.05) is 20.2 Å². The number of carbonyl (C=O) groups is 2. The minimum atomic E-state index is -4.42. The molecular formula is C24H22F3N3O3. The fourth-order valence-electron chi connectivity index (χ4n) is 3.93. The molecule has 2 heterocycles. The Balaban J connectivity index is 1.45. The molecule has 1 amide bonds. The molecule has 0 aliphatic carbocycles. The Morgan fingerprint density at radius 3 is 2.36 bits per heavy atom. The van der Waals surface area contributed by atoms with Crippen LogP contribution in [-0.4, -0.2) is 47.2 Å². The van der Waals surface area contributed by atoms with Crippen LogP contribution >= 0.6 is 0 Å². The minimum absolute atomic E-state index is 0.112. The Kier molecular flexibility index (Phi) is 6.22. The van der Waals surface area contributed by atoms with Gasteiger partial charge >= 0.3 is 12.1 Å². The van der Waals surface area contributed by atoms with Crippen molar-refractivity contribution in [3.8, 4) is 22.5 Å². The number of aromatic nitrogens is 2. The van der Waals surface area contributed by atoms with Gasteiger partial charge in [0.15, 0.2) is 0 Å². The Morgan fingerprint density at radius 1 is 1.03 bits per heavy atom. The third kappa shape index (κ3) is 4.92. The Labute approximate surface area is 188 Å². The summed E-state index contributed by atoms with van der Waals surface area (Å²) in [5.41, 5.74) is 1.91. The third-order valence-electron chi connectivity index (χ3n) is 5.82. The molecular weight excluding hydrogens is 435 g/mol. The molecule has 172 valence electrons. The van der Waals surface area contributed by atoms with Crippen molar-refractivity contribution in [2.24, 2.45) is 5.92 Å². The lowest BCUT2D eigenvalue weighted by molar-refractivity contribution is -0.146. The van der Waals surface area contributed by atoms with Crippen LogP contribution in [0.25, 0.3) is 22.5 Å². The fraction of sp³-hybridized carbons (Fsp3) is 0.292. The summed E-state index contributed by atoms with van der Waals surface area (Å²) in [5.74, 6) is -0.525. The maximum Gasteiger partial charge on any atom is 0.416 e. The van der Waals surface area contributed by atoms with E-state index in [1.165, 1.54) is 13.2 Å². The molecule has 0 spiro atoms. The summed E-state index contributed by atoms with van der Waals surface area (Å²) in [6, 6.07) is 13.6. The number of amides is 1. The van der Waals surface area contributed by atoms with Gasteiger partial charge in [-0.3, -0.25) is 14.7 Å². The van der Waals surface area contributed by atoms with Crippen LogP contribution in [0.5, 0.6) is 0 Å². The predicted molar refractivity (Wildman–Crippen MR) is 115 cm³/mol. The van der Waals surface area contributed by atoms with E-state index in [9.17, 15) is 22.8 Å². The van der Waals surface area contributed by atoms with E-state index in [1.54, 1.807) is 41.3 Å². The van der Waals surface area contributed by atoms with Crippen molar-refractivity contribution >= 4 is 11.9 Å². The number of piperidine rings is 1. The largest absolute Gasteiger partial charge is 0.469 e. The number of ether oxygens (including phenoxy) is 1. The molecule has 0 radical (unpaired) electrons. The number of esters is 1. The van der Waals surface area contributed by atoms with Crippen LogP contribution in [0, 0.1) is 5.92 Å². The molecule has 1 aliphatic rings. The third-order valence-corrected chi connectivity index (χ3v) is 5.82. The van der Waals surface area contributed by atoms with Crippen molar-refractivity contribution < 1.29 is 27.5 Å². The zero-order valence-electron chi connectivity index (χ0n) is 17.9. The maximum atomic E-state index is 13.0. The summed E-state index contributed by atoms with van der Waals surface area (Å²) in [4.78, 5) is 26.2. The van der Waals surface area contributed by atoms with E-state index in [0.29, 0.717) is 48.4 Å². The van der Waals surface area contributed by atoms with Crippen LogP contribution in [0.3, 0.4) is 0 Å².